The van der Waals surface area contributed by atoms with Crippen LogP contribution in [0.4, 0.5) is 0 Å². The largest absolute Gasteiger partial charge is 0.481 e. The average molecular weight is 224 g/mol. The third-order valence-corrected chi connectivity index (χ3v) is 4.24. The summed E-state index contributed by atoms with van der Waals surface area (Å²) in [6.45, 7) is 1.51. The Morgan fingerprint density at radius 1 is 1.25 bits per heavy atom. The van der Waals surface area contributed by atoms with E-state index in [1.807, 2.05) is 4.90 Å². The molecular formula is C11H16N2O3. The first-order valence-corrected chi connectivity index (χ1v) is 5.94. The zero-order chi connectivity index (χ0) is 11.3. The molecule has 0 saturated carbocycles. The lowest BCUT2D eigenvalue weighted by molar-refractivity contribution is -0.144. The summed E-state index contributed by atoms with van der Waals surface area (Å²) in [7, 11) is 0. The molecule has 2 bridgehead atoms. The molecule has 2 N–H and O–H groups in total. The number of hydrogen-bond donors (Lipinski definition) is 2. The maximum Gasteiger partial charge on any atom is 0.308 e. The van der Waals surface area contributed by atoms with Crippen LogP contribution in [0.15, 0.2) is 0 Å². The Hall–Kier alpha value is -1.10. The third-order valence-electron chi connectivity index (χ3n) is 4.24. The third kappa shape index (κ3) is 1.27. The van der Waals surface area contributed by atoms with Gasteiger partial charge in [-0.1, -0.05) is 0 Å². The lowest BCUT2D eigenvalue weighted by atomic mass is 9.89. The van der Waals surface area contributed by atoms with Crippen molar-refractivity contribution in [1.29, 1.82) is 0 Å². The van der Waals surface area contributed by atoms with Crippen LogP contribution in [0.5, 0.6) is 0 Å². The van der Waals surface area contributed by atoms with Crippen molar-refractivity contribution in [3.05, 3.63) is 0 Å². The van der Waals surface area contributed by atoms with Gasteiger partial charge in [0.1, 0.15) is 0 Å². The molecule has 1 amide bonds. The number of carbonyl (C=O) groups is 2. The van der Waals surface area contributed by atoms with Crippen LogP contribution in [-0.2, 0) is 9.59 Å². The van der Waals surface area contributed by atoms with Gasteiger partial charge in [0.2, 0.25) is 5.91 Å². The highest BCUT2D eigenvalue weighted by atomic mass is 16.4. The quantitative estimate of drug-likeness (QED) is 0.674. The Morgan fingerprint density at radius 2 is 2.00 bits per heavy atom. The average Bonchev–Trinajstić information content (AvgIpc) is 2.70. The van der Waals surface area contributed by atoms with Crippen molar-refractivity contribution in [1.82, 2.24) is 10.2 Å². The number of hydrogen-bond acceptors (Lipinski definition) is 3. The smallest absolute Gasteiger partial charge is 0.308 e. The van der Waals surface area contributed by atoms with Gasteiger partial charge < -0.3 is 15.3 Å². The van der Waals surface area contributed by atoms with Gasteiger partial charge in [-0.25, -0.2) is 0 Å². The van der Waals surface area contributed by atoms with Crippen LogP contribution >= 0.6 is 0 Å². The highest BCUT2D eigenvalue weighted by Gasteiger charge is 2.52. The van der Waals surface area contributed by atoms with Crippen molar-refractivity contribution in [2.75, 3.05) is 13.1 Å². The summed E-state index contributed by atoms with van der Waals surface area (Å²) < 4.78 is 0. The first kappa shape index (κ1) is 10.1. The summed E-state index contributed by atoms with van der Waals surface area (Å²) in [6.07, 6.45) is 2.51. The summed E-state index contributed by atoms with van der Waals surface area (Å²) in [5, 5.41) is 12.2. The molecule has 3 unspecified atom stereocenters. The minimum absolute atomic E-state index is 0.0319. The number of carboxylic acid groups (broad SMARTS) is 1. The second-order valence-electron chi connectivity index (χ2n) is 5.08. The van der Waals surface area contributed by atoms with Gasteiger partial charge in [-0.05, 0) is 19.3 Å². The Morgan fingerprint density at radius 3 is 2.50 bits per heavy atom. The summed E-state index contributed by atoms with van der Waals surface area (Å²) in [6, 6.07) is 0.162. The number of fused-ring (bicyclic) bond motifs is 2. The lowest BCUT2D eigenvalue weighted by Gasteiger charge is -2.33. The standard InChI is InChI=1S/C11H16N2O3/c14-10(6-4-12-5-6)13-7-1-2-9(13)8(3-7)11(15)16/h6-9,12H,1-5H2,(H,15,16). The molecule has 88 valence electrons. The molecule has 3 rings (SSSR count). The monoisotopic (exact) mass is 224 g/mol. The minimum atomic E-state index is -0.739. The molecule has 0 spiro atoms. The Bertz CT molecular complexity index is 340. The zero-order valence-electron chi connectivity index (χ0n) is 9.06. The van der Waals surface area contributed by atoms with Crippen molar-refractivity contribution in [2.45, 2.75) is 31.3 Å². The molecule has 3 aliphatic rings. The zero-order valence-corrected chi connectivity index (χ0v) is 9.06. The minimum Gasteiger partial charge on any atom is -0.481 e. The first-order valence-electron chi connectivity index (χ1n) is 5.94. The predicted molar refractivity (Wildman–Crippen MR) is 55.8 cm³/mol. The molecule has 5 heteroatoms. The molecule has 3 atom stereocenters. The summed E-state index contributed by atoms with van der Waals surface area (Å²) in [5.74, 6) is -0.793. The number of carbonyl (C=O) groups excluding carboxylic acids is 1. The van der Waals surface area contributed by atoms with Crippen LogP contribution in [0.1, 0.15) is 19.3 Å². The normalized spacial score (nSPS) is 37.5. The van der Waals surface area contributed by atoms with E-state index in [9.17, 15) is 9.59 Å². The molecule has 3 aliphatic heterocycles. The number of aliphatic carboxylic acids is 1. The molecule has 3 heterocycles. The molecule has 5 nitrogen and oxygen atoms in total. The topological polar surface area (TPSA) is 69.6 Å². The Balaban J connectivity index is 1.76. The van der Waals surface area contributed by atoms with Crippen molar-refractivity contribution in [3.8, 4) is 0 Å². The second kappa shape index (κ2) is 3.45. The summed E-state index contributed by atoms with van der Waals surface area (Å²) >= 11 is 0. The van der Waals surface area contributed by atoms with Gasteiger partial charge >= 0.3 is 5.97 Å². The van der Waals surface area contributed by atoms with E-state index in [4.69, 9.17) is 5.11 Å². The van der Waals surface area contributed by atoms with Crippen LogP contribution in [-0.4, -0.2) is 47.1 Å². The Kier molecular flexibility index (Phi) is 2.17. The molecule has 0 aromatic carbocycles. The van der Waals surface area contributed by atoms with Crippen molar-refractivity contribution in [3.63, 3.8) is 0 Å². The predicted octanol–water partition coefficient (Wildman–Crippen LogP) is -0.330. The number of nitrogens with zero attached hydrogens (tertiary/aromatic N) is 1. The van der Waals surface area contributed by atoms with E-state index in [0.717, 1.165) is 25.9 Å². The fraction of sp³-hybridized carbons (Fsp3) is 0.818. The van der Waals surface area contributed by atoms with Crippen molar-refractivity contribution < 1.29 is 14.7 Å². The number of amides is 1. The van der Waals surface area contributed by atoms with Gasteiger partial charge in [0.25, 0.3) is 0 Å². The van der Waals surface area contributed by atoms with E-state index in [2.05, 4.69) is 5.32 Å². The molecule has 0 aliphatic carbocycles. The summed E-state index contributed by atoms with van der Waals surface area (Å²) in [5.41, 5.74) is 0. The van der Waals surface area contributed by atoms with Crippen molar-refractivity contribution >= 4 is 11.9 Å². The molecule has 16 heavy (non-hydrogen) atoms. The van der Waals surface area contributed by atoms with Gasteiger partial charge in [0.05, 0.1) is 11.8 Å². The highest BCUT2D eigenvalue weighted by molar-refractivity contribution is 5.83. The van der Waals surface area contributed by atoms with E-state index in [1.165, 1.54) is 0 Å². The van der Waals surface area contributed by atoms with Crippen LogP contribution in [0.25, 0.3) is 0 Å². The van der Waals surface area contributed by atoms with E-state index < -0.39 is 5.97 Å². The van der Waals surface area contributed by atoms with Crippen LogP contribution < -0.4 is 5.32 Å². The molecular weight excluding hydrogens is 208 g/mol. The maximum atomic E-state index is 12.1. The number of carboxylic acids is 1. The van der Waals surface area contributed by atoms with Crippen LogP contribution in [0.2, 0.25) is 0 Å². The van der Waals surface area contributed by atoms with Gasteiger partial charge in [0.15, 0.2) is 0 Å². The molecule has 0 radical (unpaired) electrons. The van der Waals surface area contributed by atoms with Gasteiger partial charge in [-0.15, -0.1) is 0 Å². The van der Waals surface area contributed by atoms with Gasteiger partial charge in [-0.2, -0.15) is 0 Å². The Labute approximate surface area is 93.8 Å². The van der Waals surface area contributed by atoms with Gasteiger partial charge in [-0.3, -0.25) is 9.59 Å². The van der Waals surface area contributed by atoms with E-state index in [0.29, 0.717) is 6.42 Å². The molecule has 3 saturated heterocycles. The van der Waals surface area contributed by atoms with Crippen LogP contribution in [0.3, 0.4) is 0 Å². The van der Waals surface area contributed by atoms with E-state index in [-0.39, 0.29) is 29.8 Å². The maximum absolute atomic E-state index is 12.1. The molecule has 3 fully saturated rings. The number of nitrogens with one attached hydrogen (secondary N) is 1. The van der Waals surface area contributed by atoms with Crippen molar-refractivity contribution in [2.24, 2.45) is 11.8 Å². The fourth-order valence-electron chi connectivity index (χ4n) is 3.27. The first-order chi connectivity index (χ1) is 7.68. The van der Waals surface area contributed by atoms with Gasteiger partial charge in [0, 0.05) is 25.2 Å². The van der Waals surface area contributed by atoms with Crippen LogP contribution in [0, 0.1) is 11.8 Å². The van der Waals surface area contributed by atoms with E-state index in [1.54, 1.807) is 0 Å². The fourth-order valence-corrected chi connectivity index (χ4v) is 3.27. The van der Waals surface area contributed by atoms with E-state index >= 15 is 0 Å². The lowest BCUT2D eigenvalue weighted by Crippen LogP contribution is -2.53. The molecule has 0 aromatic rings. The number of rotatable bonds is 2. The summed E-state index contributed by atoms with van der Waals surface area (Å²) in [4.78, 5) is 25.1. The molecule has 0 aromatic heterocycles. The SMILES string of the molecule is O=C(O)C1CC2CCC1N2C(=O)C1CNC1. The highest BCUT2D eigenvalue weighted by Crippen LogP contribution is 2.42. The second-order valence-corrected chi connectivity index (χ2v) is 5.08.